The Morgan fingerprint density at radius 3 is 2.32 bits per heavy atom. The molecule has 0 aliphatic carbocycles. The lowest BCUT2D eigenvalue weighted by Gasteiger charge is -2.16. The zero-order valence-corrected chi connectivity index (χ0v) is 11.8. The van der Waals surface area contributed by atoms with E-state index >= 15 is 0 Å². The summed E-state index contributed by atoms with van der Waals surface area (Å²) in [5.41, 5.74) is 1.68. The maximum atomic E-state index is 13.6. The van der Waals surface area contributed by atoms with Crippen molar-refractivity contribution in [3.05, 3.63) is 40.5 Å². The molecule has 2 nitrogen and oxygen atoms in total. The second kappa shape index (κ2) is 5.95. The molecule has 1 aromatic rings. The van der Waals surface area contributed by atoms with Gasteiger partial charge in [0.05, 0.1) is 7.11 Å². The normalized spacial score (nSPS) is 12.4. The van der Waals surface area contributed by atoms with Crippen LogP contribution in [0.3, 0.4) is 0 Å². The first-order valence-electron chi connectivity index (χ1n) is 6.04. The number of carbonyl (C=O) groups excluding carboxylic acids is 1. The molecule has 0 saturated heterocycles. The van der Waals surface area contributed by atoms with Crippen molar-refractivity contribution in [1.29, 1.82) is 0 Å². The third-order valence-corrected chi connectivity index (χ3v) is 3.10. The fraction of sp³-hybridized carbons (Fsp3) is 0.400. The van der Waals surface area contributed by atoms with E-state index < -0.39 is 17.6 Å². The highest BCUT2D eigenvalue weighted by Gasteiger charge is 2.20. The van der Waals surface area contributed by atoms with E-state index in [1.807, 2.05) is 13.8 Å². The number of halogens is 2. The molecule has 0 unspecified atom stereocenters. The van der Waals surface area contributed by atoms with Gasteiger partial charge in [0.15, 0.2) is 0 Å². The van der Waals surface area contributed by atoms with Gasteiger partial charge < -0.3 is 4.74 Å². The standard InChI is InChI=1S/C15H18F2O2/c1-8(2)14(15(18)19-5)10(4)12-6-11(16)7-13(17)9(12)3/h6-8H,1-5H3/b14-10+. The van der Waals surface area contributed by atoms with Crippen LogP contribution in [0.4, 0.5) is 8.78 Å². The number of allylic oxidation sites excluding steroid dienone is 1. The van der Waals surface area contributed by atoms with Crippen molar-refractivity contribution < 1.29 is 18.3 Å². The number of carbonyl (C=O) groups is 1. The zero-order valence-electron chi connectivity index (χ0n) is 11.8. The van der Waals surface area contributed by atoms with E-state index in [1.165, 1.54) is 13.2 Å². The van der Waals surface area contributed by atoms with E-state index in [0.717, 1.165) is 6.07 Å². The van der Waals surface area contributed by atoms with Crippen LogP contribution in [0, 0.1) is 24.5 Å². The van der Waals surface area contributed by atoms with Gasteiger partial charge in [0.2, 0.25) is 0 Å². The van der Waals surface area contributed by atoms with E-state index in [4.69, 9.17) is 4.74 Å². The van der Waals surface area contributed by atoms with Gasteiger partial charge in [-0.15, -0.1) is 0 Å². The van der Waals surface area contributed by atoms with Gasteiger partial charge in [0.25, 0.3) is 0 Å². The quantitative estimate of drug-likeness (QED) is 0.614. The molecule has 0 heterocycles. The Kier molecular flexibility index (Phi) is 4.81. The first-order chi connectivity index (χ1) is 8.79. The highest BCUT2D eigenvalue weighted by molar-refractivity contribution is 5.98. The monoisotopic (exact) mass is 268 g/mol. The lowest BCUT2D eigenvalue weighted by Crippen LogP contribution is -2.12. The predicted octanol–water partition coefficient (Wildman–Crippen LogP) is 3.88. The predicted molar refractivity (Wildman–Crippen MR) is 70.5 cm³/mol. The molecule has 0 bridgehead atoms. The van der Waals surface area contributed by atoms with E-state index in [9.17, 15) is 13.6 Å². The van der Waals surface area contributed by atoms with Crippen molar-refractivity contribution in [1.82, 2.24) is 0 Å². The van der Waals surface area contributed by atoms with Crippen LogP contribution in [0.15, 0.2) is 17.7 Å². The van der Waals surface area contributed by atoms with Gasteiger partial charge in [-0.1, -0.05) is 13.8 Å². The number of rotatable bonds is 3. The van der Waals surface area contributed by atoms with Crippen LogP contribution in [0.5, 0.6) is 0 Å². The van der Waals surface area contributed by atoms with Crippen molar-refractivity contribution >= 4 is 11.5 Å². The first kappa shape index (κ1) is 15.3. The van der Waals surface area contributed by atoms with E-state index in [2.05, 4.69) is 0 Å². The third kappa shape index (κ3) is 3.19. The van der Waals surface area contributed by atoms with E-state index in [0.29, 0.717) is 22.3 Å². The topological polar surface area (TPSA) is 26.3 Å². The van der Waals surface area contributed by atoms with Gasteiger partial charge in [-0.3, -0.25) is 0 Å². The van der Waals surface area contributed by atoms with Crippen molar-refractivity contribution in [2.24, 2.45) is 5.92 Å². The smallest absolute Gasteiger partial charge is 0.334 e. The molecule has 1 aromatic carbocycles. The highest BCUT2D eigenvalue weighted by atomic mass is 19.1. The van der Waals surface area contributed by atoms with Gasteiger partial charge in [0.1, 0.15) is 11.6 Å². The summed E-state index contributed by atoms with van der Waals surface area (Å²) in [4.78, 5) is 11.8. The zero-order chi connectivity index (χ0) is 14.7. The molecule has 1 rings (SSSR count). The number of methoxy groups -OCH3 is 1. The molecule has 0 saturated carbocycles. The summed E-state index contributed by atoms with van der Waals surface area (Å²) >= 11 is 0. The summed E-state index contributed by atoms with van der Waals surface area (Å²) in [6.45, 7) is 6.90. The SMILES string of the molecule is COC(=O)/C(=C(\C)c1cc(F)cc(F)c1C)C(C)C. The van der Waals surface area contributed by atoms with Crippen molar-refractivity contribution in [2.75, 3.05) is 7.11 Å². The summed E-state index contributed by atoms with van der Waals surface area (Å²) in [5, 5.41) is 0. The van der Waals surface area contributed by atoms with Crippen LogP contribution in [0.25, 0.3) is 5.57 Å². The lowest BCUT2D eigenvalue weighted by atomic mass is 9.91. The maximum absolute atomic E-state index is 13.6. The molecule has 0 amide bonds. The number of esters is 1. The van der Waals surface area contributed by atoms with Gasteiger partial charge in [0, 0.05) is 11.6 Å². The van der Waals surface area contributed by atoms with E-state index in [1.54, 1.807) is 13.8 Å². The average Bonchev–Trinajstić information content (AvgIpc) is 2.32. The molecule has 0 N–H and O–H groups in total. The van der Waals surface area contributed by atoms with Crippen LogP contribution in [0.2, 0.25) is 0 Å². The summed E-state index contributed by atoms with van der Waals surface area (Å²) in [6.07, 6.45) is 0. The molecule has 4 heteroatoms. The maximum Gasteiger partial charge on any atom is 0.334 e. The minimum Gasteiger partial charge on any atom is -0.466 e. The first-order valence-corrected chi connectivity index (χ1v) is 6.04. The van der Waals surface area contributed by atoms with Crippen molar-refractivity contribution in [3.8, 4) is 0 Å². The number of hydrogen-bond acceptors (Lipinski definition) is 2. The van der Waals surface area contributed by atoms with Crippen LogP contribution in [0.1, 0.15) is 31.9 Å². The Morgan fingerprint density at radius 1 is 1.26 bits per heavy atom. The lowest BCUT2D eigenvalue weighted by molar-refractivity contribution is -0.136. The number of benzene rings is 1. The summed E-state index contributed by atoms with van der Waals surface area (Å²) < 4.78 is 31.6. The number of hydrogen-bond donors (Lipinski definition) is 0. The molecule has 0 aromatic heterocycles. The second-order valence-electron chi connectivity index (χ2n) is 4.75. The molecule has 0 atom stereocenters. The van der Waals surface area contributed by atoms with Crippen molar-refractivity contribution in [2.45, 2.75) is 27.7 Å². The Morgan fingerprint density at radius 2 is 1.84 bits per heavy atom. The van der Waals surface area contributed by atoms with Crippen LogP contribution < -0.4 is 0 Å². The Labute approximate surface area is 112 Å². The minimum absolute atomic E-state index is 0.0989. The van der Waals surface area contributed by atoms with Gasteiger partial charge >= 0.3 is 5.97 Å². The molecule has 19 heavy (non-hydrogen) atoms. The molecular formula is C15H18F2O2. The third-order valence-electron chi connectivity index (χ3n) is 3.10. The van der Waals surface area contributed by atoms with Gasteiger partial charge in [-0.05, 0) is 42.5 Å². The molecule has 0 spiro atoms. The Hall–Kier alpha value is -1.71. The molecule has 0 radical (unpaired) electrons. The number of ether oxygens (including phenoxy) is 1. The Bertz CT molecular complexity index is 531. The molecule has 104 valence electrons. The summed E-state index contributed by atoms with van der Waals surface area (Å²) in [6, 6.07) is 2.07. The molecular weight excluding hydrogens is 250 g/mol. The minimum atomic E-state index is -0.662. The van der Waals surface area contributed by atoms with Crippen molar-refractivity contribution in [3.63, 3.8) is 0 Å². The fourth-order valence-corrected chi connectivity index (χ4v) is 2.11. The van der Waals surface area contributed by atoms with Crippen LogP contribution in [-0.2, 0) is 9.53 Å². The second-order valence-corrected chi connectivity index (χ2v) is 4.75. The van der Waals surface area contributed by atoms with Gasteiger partial charge in [-0.2, -0.15) is 0 Å². The Balaban J connectivity index is 3.53. The van der Waals surface area contributed by atoms with E-state index in [-0.39, 0.29) is 5.92 Å². The molecule has 0 aliphatic heterocycles. The summed E-state index contributed by atoms with van der Waals surface area (Å²) in [7, 11) is 1.29. The summed E-state index contributed by atoms with van der Waals surface area (Å²) in [5.74, 6) is -1.86. The van der Waals surface area contributed by atoms with Gasteiger partial charge in [-0.25, -0.2) is 13.6 Å². The molecule has 0 fully saturated rings. The highest BCUT2D eigenvalue weighted by Crippen LogP contribution is 2.28. The molecule has 0 aliphatic rings. The fourth-order valence-electron chi connectivity index (χ4n) is 2.11. The largest absolute Gasteiger partial charge is 0.466 e. The van der Waals surface area contributed by atoms with Crippen LogP contribution in [-0.4, -0.2) is 13.1 Å². The average molecular weight is 268 g/mol. The van der Waals surface area contributed by atoms with Crippen LogP contribution >= 0.6 is 0 Å².